The summed E-state index contributed by atoms with van der Waals surface area (Å²) in [4.78, 5) is 12.0. The van der Waals surface area contributed by atoms with Crippen molar-refractivity contribution in [1.82, 2.24) is 10.2 Å². The van der Waals surface area contributed by atoms with Gasteiger partial charge in [0.25, 0.3) is 5.91 Å². The molecule has 0 aromatic rings. The molecule has 0 aliphatic carbocycles. The number of halogens is 2. The van der Waals surface area contributed by atoms with E-state index in [0.29, 0.717) is 19.6 Å². The zero-order valence-corrected chi connectivity index (χ0v) is 6.72. The summed E-state index contributed by atoms with van der Waals surface area (Å²) in [5, 5.41) is 3.03. The zero-order chi connectivity index (χ0) is 8.97. The van der Waals surface area contributed by atoms with E-state index in [1.165, 1.54) is 4.90 Å². The Labute approximate surface area is 69.7 Å². The van der Waals surface area contributed by atoms with Gasteiger partial charge in [0, 0.05) is 19.6 Å². The van der Waals surface area contributed by atoms with E-state index < -0.39 is 12.3 Å². The van der Waals surface area contributed by atoms with E-state index in [4.69, 9.17) is 0 Å². The average molecular weight is 178 g/mol. The predicted molar refractivity (Wildman–Crippen MR) is 40.1 cm³/mol. The summed E-state index contributed by atoms with van der Waals surface area (Å²) in [6.45, 7) is 2.24. The number of hydrogen-bond acceptors (Lipinski definition) is 2. The van der Waals surface area contributed by atoms with E-state index in [9.17, 15) is 13.6 Å². The summed E-state index contributed by atoms with van der Waals surface area (Å²) < 4.78 is 23.9. The van der Waals surface area contributed by atoms with E-state index >= 15 is 0 Å². The van der Waals surface area contributed by atoms with Crippen LogP contribution in [0.5, 0.6) is 0 Å². The second kappa shape index (κ2) is 4.35. The van der Waals surface area contributed by atoms with Gasteiger partial charge in [-0.25, -0.2) is 0 Å². The van der Waals surface area contributed by atoms with Gasteiger partial charge in [0.05, 0.1) is 0 Å². The molecule has 70 valence electrons. The van der Waals surface area contributed by atoms with Crippen LogP contribution in [0.25, 0.3) is 0 Å². The number of rotatable bonds is 1. The summed E-state index contributed by atoms with van der Waals surface area (Å²) in [7, 11) is 0. The minimum atomic E-state index is -2.86. The Bertz CT molecular complexity index is 155. The van der Waals surface area contributed by atoms with Crippen LogP contribution < -0.4 is 5.32 Å². The largest absolute Gasteiger partial charge is 0.336 e. The molecule has 3 nitrogen and oxygen atoms in total. The highest BCUT2D eigenvalue weighted by molar-refractivity contribution is 5.79. The van der Waals surface area contributed by atoms with Gasteiger partial charge in [0.15, 0.2) is 0 Å². The van der Waals surface area contributed by atoms with Crippen LogP contribution in [0.2, 0.25) is 0 Å². The maximum Gasteiger partial charge on any atom is 0.315 e. The molecule has 0 aromatic carbocycles. The maximum absolute atomic E-state index is 11.9. The molecule has 1 rings (SSSR count). The molecular weight excluding hydrogens is 166 g/mol. The van der Waals surface area contributed by atoms with E-state index in [2.05, 4.69) is 5.32 Å². The van der Waals surface area contributed by atoms with Gasteiger partial charge in [0.2, 0.25) is 0 Å². The van der Waals surface area contributed by atoms with Gasteiger partial charge < -0.3 is 10.2 Å². The molecule has 0 aromatic heterocycles. The first-order valence-corrected chi connectivity index (χ1v) is 3.99. The average Bonchev–Trinajstić information content (AvgIpc) is 2.30. The summed E-state index contributed by atoms with van der Waals surface area (Å²) in [5.74, 6) is -1.04. The first kappa shape index (κ1) is 9.38. The van der Waals surface area contributed by atoms with Crippen LogP contribution in [-0.4, -0.2) is 43.4 Å². The second-order valence-corrected chi connectivity index (χ2v) is 2.73. The summed E-state index contributed by atoms with van der Waals surface area (Å²) in [6.07, 6.45) is -2.11. The minimum Gasteiger partial charge on any atom is -0.336 e. The van der Waals surface area contributed by atoms with Gasteiger partial charge in [-0.3, -0.25) is 4.79 Å². The molecular formula is C7H12F2N2O. The Morgan fingerprint density at radius 1 is 1.33 bits per heavy atom. The van der Waals surface area contributed by atoms with Crippen molar-refractivity contribution < 1.29 is 13.6 Å². The molecule has 1 fully saturated rings. The topological polar surface area (TPSA) is 32.3 Å². The Morgan fingerprint density at radius 2 is 2.08 bits per heavy atom. The van der Waals surface area contributed by atoms with Crippen molar-refractivity contribution in [1.29, 1.82) is 0 Å². The van der Waals surface area contributed by atoms with E-state index in [0.717, 1.165) is 13.0 Å². The highest BCUT2D eigenvalue weighted by atomic mass is 19.3. The van der Waals surface area contributed by atoms with E-state index in [-0.39, 0.29) is 0 Å². The van der Waals surface area contributed by atoms with Crippen molar-refractivity contribution in [2.45, 2.75) is 12.8 Å². The van der Waals surface area contributed by atoms with Crippen LogP contribution in [0.3, 0.4) is 0 Å². The lowest BCUT2D eigenvalue weighted by molar-refractivity contribution is -0.142. The normalized spacial score (nSPS) is 19.4. The Hall–Kier alpha value is -0.710. The molecule has 0 spiro atoms. The molecule has 0 saturated carbocycles. The quantitative estimate of drug-likeness (QED) is 0.616. The number of amides is 1. The van der Waals surface area contributed by atoms with Crippen molar-refractivity contribution in [3.63, 3.8) is 0 Å². The predicted octanol–water partition coefficient (Wildman–Crippen LogP) is 0.0734. The SMILES string of the molecule is O=C(C(F)F)N1CCCNCC1. The number of carbonyl (C=O) groups is 1. The lowest BCUT2D eigenvalue weighted by Crippen LogP contribution is -2.38. The fourth-order valence-corrected chi connectivity index (χ4v) is 1.20. The summed E-state index contributed by atoms with van der Waals surface area (Å²) in [5.41, 5.74) is 0. The van der Waals surface area contributed by atoms with E-state index in [1.54, 1.807) is 0 Å². The molecule has 1 N–H and O–H groups in total. The Kier molecular flexibility index (Phi) is 3.40. The standard InChI is InChI=1S/C7H12F2N2O/c8-6(9)7(12)11-4-1-2-10-3-5-11/h6,10H,1-5H2. The number of nitrogens with zero attached hydrogens (tertiary/aromatic N) is 1. The fraction of sp³-hybridized carbons (Fsp3) is 0.857. The van der Waals surface area contributed by atoms with Crippen LogP contribution in [0.4, 0.5) is 8.78 Å². The third kappa shape index (κ3) is 2.41. The molecule has 0 unspecified atom stereocenters. The Morgan fingerprint density at radius 3 is 2.75 bits per heavy atom. The van der Waals surface area contributed by atoms with Crippen LogP contribution in [0.1, 0.15) is 6.42 Å². The Balaban J connectivity index is 2.43. The lowest BCUT2D eigenvalue weighted by atomic mass is 10.4. The molecule has 1 aliphatic heterocycles. The fourth-order valence-electron chi connectivity index (χ4n) is 1.20. The highest BCUT2D eigenvalue weighted by Gasteiger charge is 2.23. The highest BCUT2D eigenvalue weighted by Crippen LogP contribution is 2.02. The number of hydrogen-bond donors (Lipinski definition) is 1. The zero-order valence-electron chi connectivity index (χ0n) is 6.72. The number of carbonyl (C=O) groups excluding carboxylic acids is 1. The van der Waals surface area contributed by atoms with Gasteiger partial charge >= 0.3 is 6.43 Å². The summed E-state index contributed by atoms with van der Waals surface area (Å²) in [6, 6.07) is 0. The van der Waals surface area contributed by atoms with E-state index in [1.807, 2.05) is 0 Å². The van der Waals surface area contributed by atoms with Crippen molar-refractivity contribution in [2.75, 3.05) is 26.2 Å². The lowest BCUT2D eigenvalue weighted by Gasteiger charge is -2.18. The van der Waals surface area contributed by atoms with Gasteiger partial charge in [-0.1, -0.05) is 0 Å². The number of nitrogens with one attached hydrogen (secondary N) is 1. The third-order valence-corrected chi connectivity index (χ3v) is 1.84. The minimum absolute atomic E-state index is 0.392. The van der Waals surface area contributed by atoms with Gasteiger partial charge in [-0.2, -0.15) is 8.78 Å². The van der Waals surface area contributed by atoms with Crippen LogP contribution in [-0.2, 0) is 4.79 Å². The van der Waals surface area contributed by atoms with Crippen LogP contribution >= 0.6 is 0 Å². The molecule has 0 radical (unpaired) electrons. The molecule has 1 heterocycles. The van der Waals surface area contributed by atoms with Crippen molar-refractivity contribution in [2.24, 2.45) is 0 Å². The molecule has 5 heteroatoms. The summed E-state index contributed by atoms with van der Waals surface area (Å²) >= 11 is 0. The van der Waals surface area contributed by atoms with Crippen LogP contribution in [0.15, 0.2) is 0 Å². The molecule has 1 aliphatic rings. The molecule has 12 heavy (non-hydrogen) atoms. The van der Waals surface area contributed by atoms with Gasteiger partial charge in [-0.15, -0.1) is 0 Å². The van der Waals surface area contributed by atoms with Gasteiger partial charge in [-0.05, 0) is 13.0 Å². The van der Waals surface area contributed by atoms with Crippen molar-refractivity contribution in [3.05, 3.63) is 0 Å². The maximum atomic E-state index is 11.9. The molecule has 1 amide bonds. The third-order valence-electron chi connectivity index (χ3n) is 1.84. The molecule has 0 bridgehead atoms. The van der Waals surface area contributed by atoms with Crippen molar-refractivity contribution >= 4 is 5.91 Å². The first-order chi connectivity index (χ1) is 5.72. The molecule has 1 saturated heterocycles. The monoisotopic (exact) mass is 178 g/mol. The smallest absolute Gasteiger partial charge is 0.315 e. The molecule has 0 atom stereocenters. The van der Waals surface area contributed by atoms with Gasteiger partial charge in [0.1, 0.15) is 0 Å². The first-order valence-electron chi connectivity index (χ1n) is 3.99. The number of alkyl halides is 2. The second-order valence-electron chi connectivity index (χ2n) is 2.73. The van der Waals surface area contributed by atoms with Crippen LogP contribution in [0, 0.1) is 0 Å². The van der Waals surface area contributed by atoms with Crippen molar-refractivity contribution in [3.8, 4) is 0 Å².